The van der Waals surface area contributed by atoms with Gasteiger partial charge in [0, 0.05) is 12.7 Å². The molecule has 1 rings (SSSR count). The number of rotatable bonds is 6. The molecular formula is C11H16O4. The van der Waals surface area contributed by atoms with Crippen LogP contribution in [0.2, 0.25) is 0 Å². The van der Waals surface area contributed by atoms with Gasteiger partial charge >= 0.3 is 0 Å². The van der Waals surface area contributed by atoms with E-state index in [-0.39, 0.29) is 6.79 Å². The first kappa shape index (κ1) is 11.8. The van der Waals surface area contributed by atoms with Gasteiger partial charge in [-0.05, 0) is 18.2 Å². The number of benzene rings is 1. The maximum absolute atomic E-state index is 5.25. The monoisotopic (exact) mass is 212 g/mol. The highest BCUT2D eigenvalue weighted by Crippen LogP contribution is 2.24. The molecule has 0 amide bonds. The highest BCUT2D eigenvalue weighted by molar-refractivity contribution is 5.39. The second-order valence-corrected chi connectivity index (χ2v) is 2.93. The summed E-state index contributed by atoms with van der Waals surface area (Å²) < 4.78 is 20.4. The van der Waals surface area contributed by atoms with Crippen LogP contribution in [0.1, 0.15) is 5.56 Å². The molecule has 0 unspecified atom stereocenters. The van der Waals surface area contributed by atoms with Gasteiger partial charge in [0.15, 0.2) is 0 Å². The highest BCUT2D eigenvalue weighted by Gasteiger charge is 2.04. The van der Waals surface area contributed by atoms with Gasteiger partial charge in [-0.1, -0.05) is 0 Å². The van der Waals surface area contributed by atoms with Crippen molar-refractivity contribution in [2.45, 2.75) is 6.61 Å². The molecule has 1 aromatic rings. The Balaban J connectivity index is 2.72. The predicted molar refractivity (Wildman–Crippen MR) is 56.2 cm³/mol. The van der Waals surface area contributed by atoms with Crippen LogP contribution >= 0.6 is 0 Å². The Kier molecular flexibility index (Phi) is 4.93. The topological polar surface area (TPSA) is 36.9 Å². The van der Waals surface area contributed by atoms with E-state index in [1.165, 1.54) is 0 Å². The number of ether oxygens (including phenoxy) is 4. The molecule has 0 fully saturated rings. The van der Waals surface area contributed by atoms with E-state index < -0.39 is 0 Å². The third-order valence-electron chi connectivity index (χ3n) is 1.95. The van der Waals surface area contributed by atoms with E-state index in [2.05, 4.69) is 0 Å². The van der Waals surface area contributed by atoms with E-state index in [0.717, 1.165) is 17.1 Å². The highest BCUT2D eigenvalue weighted by atomic mass is 16.7. The molecule has 0 saturated carbocycles. The van der Waals surface area contributed by atoms with E-state index in [1.54, 1.807) is 21.3 Å². The zero-order valence-corrected chi connectivity index (χ0v) is 9.28. The zero-order valence-electron chi connectivity index (χ0n) is 9.28. The van der Waals surface area contributed by atoms with Gasteiger partial charge in [0.25, 0.3) is 0 Å². The van der Waals surface area contributed by atoms with Crippen molar-refractivity contribution in [3.8, 4) is 11.5 Å². The first-order chi connectivity index (χ1) is 7.31. The van der Waals surface area contributed by atoms with Crippen molar-refractivity contribution < 1.29 is 18.9 Å². The molecule has 0 heterocycles. The van der Waals surface area contributed by atoms with Crippen molar-refractivity contribution in [2.75, 3.05) is 28.1 Å². The molecule has 0 bridgehead atoms. The maximum Gasteiger partial charge on any atom is 0.146 e. The molecule has 0 atom stereocenters. The summed E-state index contributed by atoms with van der Waals surface area (Å²) in [5.41, 5.74) is 0.939. The Morgan fingerprint density at radius 1 is 1.07 bits per heavy atom. The van der Waals surface area contributed by atoms with Gasteiger partial charge in [0.1, 0.15) is 18.3 Å². The minimum Gasteiger partial charge on any atom is -0.497 e. The van der Waals surface area contributed by atoms with Gasteiger partial charge in [-0.3, -0.25) is 0 Å². The van der Waals surface area contributed by atoms with Gasteiger partial charge in [-0.15, -0.1) is 0 Å². The lowest BCUT2D eigenvalue weighted by molar-refractivity contribution is -0.0395. The van der Waals surface area contributed by atoms with Crippen LogP contribution < -0.4 is 9.47 Å². The summed E-state index contributed by atoms with van der Waals surface area (Å²) in [6, 6.07) is 5.58. The normalized spacial score (nSPS) is 10.1. The van der Waals surface area contributed by atoms with Crippen LogP contribution in [0.25, 0.3) is 0 Å². The van der Waals surface area contributed by atoms with Crippen molar-refractivity contribution in [1.82, 2.24) is 0 Å². The first-order valence-electron chi connectivity index (χ1n) is 4.59. The number of methoxy groups -OCH3 is 3. The van der Waals surface area contributed by atoms with Gasteiger partial charge in [0.05, 0.1) is 20.8 Å². The Morgan fingerprint density at radius 2 is 1.87 bits per heavy atom. The summed E-state index contributed by atoms with van der Waals surface area (Å²) in [5.74, 6) is 1.57. The van der Waals surface area contributed by atoms with E-state index >= 15 is 0 Å². The number of hydrogen-bond donors (Lipinski definition) is 0. The molecule has 1 aromatic carbocycles. The minimum absolute atomic E-state index is 0.264. The predicted octanol–water partition coefficient (Wildman–Crippen LogP) is 1.82. The molecule has 0 aliphatic heterocycles. The Bertz CT molecular complexity index is 299. The molecule has 0 spiro atoms. The van der Waals surface area contributed by atoms with E-state index in [4.69, 9.17) is 18.9 Å². The number of hydrogen-bond acceptors (Lipinski definition) is 4. The SMILES string of the molecule is COCOCc1cc(OC)ccc1OC. The zero-order chi connectivity index (χ0) is 11.1. The standard InChI is InChI=1S/C11H16O4/c1-12-8-15-7-9-6-10(13-2)4-5-11(9)14-3/h4-6H,7-8H2,1-3H3. The molecule has 4 nitrogen and oxygen atoms in total. The van der Waals surface area contributed by atoms with Crippen molar-refractivity contribution in [3.63, 3.8) is 0 Å². The van der Waals surface area contributed by atoms with Gasteiger partial charge < -0.3 is 18.9 Å². The van der Waals surface area contributed by atoms with Crippen molar-refractivity contribution in [1.29, 1.82) is 0 Å². The molecule has 0 aromatic heterocycles. The van der Waals surface area contributed by atoms with Gasteiger partial charge in [-0.2, -0.15) is 0 Å². The van der Waals surface area contributed by atoms with Crippen LogP contribution in [0.5, 0.6) is 11.5 Å². The van der Waals surface area contributed by atoms with Crippen LogP contribution in [0, 0.1) is 0 Å². The maximum atomic E-state index is 5.25. The molecule has 0 N–H and O–H groups in total. The first-order valence-corrected chi connectivity index (χ1v) is 4.59. The van der Waals surface area contributed by atoms with Gasteiger partial charge in [-0.25, -0.2) is 0 Å². The van der Waals surface area contributed by atoms with Crippen LogP contribution in [-0.2, 0) is 16.1 Å². The summed E-state index contributed by atoms with van der Waals surface area (Å²) in [6.07, 6.45) is 0. The lowest BCUT2D eigenvalue weighted by atomic mass is 10.2. The summed E-state index contributed by atoms with van der Waals surface area (Å²) in [5, 5.41) is 0. The molecule has 0 saturated heterocycles. The minimum atomic E-state index is 0.264. The largest absolute Gasteiger partial charge is 0.497 e. The lowest BCUT2D eigenvalue weighted by Gasteiger charge is -2.10. The third-order valence-corrected chi connectivity index (χ3v) is 1.95. The van der Waals surface area contributed by atoms with Gasteiger partial charge in [0.2, 0.25) is 0 Å². The lowest BCUT2D eigenvalue weighted by Crippen LogP contribution is -1.99. The second kappa shape index (κ2) is 6.27. The fourth-order valence-electron chi connectivity index (χ4n) is 1.23. The van der Waals surface area contributed by atoms with Crippen LogP contribution in [0.15, 0.2) is 18.2 Å². The van der Waals surface area contributed by atoms with E-state index in [1.807, 2.05) is 18.2 Å². The Labute approximate surface area is 89.7 Å². The molecule has 84 valence electrons. The Hall–Kier alpha value is -1.26. The molecule has 0 aliphatic rings. The Morgan fingerprint density at radius 3 is 2.47 bits per heavy atom. The molecule has 0 radical (unpaired) electrons. The van der Waals surface area contributed by atoms with Crippen molar-refractivity contribution in [3.05, 3.63) is 23.8 Å². The van der Waals surface area contributed by atoms with E-state index in [9.17, 15) is 0 Å². The summed E-state index contributed by atoms with van der Waals surface area (Å²) >= 11 is 0. The summed E-state index contributed by atoms with van der Waals surface area (Å²) in [7, 11) is 4.84. The fourth-order valence-corrected chi connectivity index (χ4v) is 1.23. The smallest absolute Gasteiger partial charge is 0.146 e. The summed E-state index contributed by atoms with van der Waals surface area (Å²) in [4.78, 5) is 0. The van der Waals surface area contributed by atoms with Crippen LogP contribution in [-0.4, -0.2) is 28.1 Å². The third kappa shape index (κ3) is 3.42. The average molecular weight is 212 g/mol. The molecule has 0 aliphatic carbocycles. The fraction of sp³-hybridized carbons (Fsp3) is 0.455. The summed E-state index contributed by atoms with van der Waals surface area (Å²) in [6.45, 7) is 0.703. The molecule has 15 heavy (non-hydrogen) atoms. The van der Waals surface area contributed by atoms with Crippen molar-refractivity contribution in [2.24, 2.45) is 0 Å². The second-order valence-electron chi connectivity index (χ2n) is 2.93. The quantitative estimate of drug-likeness (QED) is 0.532. The van der Waals surface area contributed by atoms with Crippen molar-refractivity contribution >= 4 is 0 Å². The molecule has 4 heteroatoms. The molecular weight excluding hydrogens is 196 g/mol. The average Bonchev–Trinajstić information content (AvgIpc) is 2.29. The van der Waals surface area contributed by atoms with Crippen LogP contribution in [0.4, 0.5) is 0 Å². The van der Waals surface area contributed by atoms with E-state index in [0.29, 0.717) is 6.61 Å². The van der Waals surface area contributed by atoms with Crippen LogP contribution in [0.3, 0.4) is 0 Å².